The monoisotopic (exact) mass is 251 g/mol. The Labute approximate surface area is 108 Å². The van der Waals surface area contributed by atoms with Gasteiger partial charge in [-0.05, 0) is 18.9 Å². The van der Waals surface area contributed by atoms with E-state index in [-0.39, 0.29) is 0 Å². The number of hydrogen-bond acceptors (Lipinski definition) is 2. The van der Waals surface area contributed by atoms with Crippen molar-refractivity contribution in [3.63, 3.8) is 0 Å². The molecule has 2 aliphatic rings. The number of rotatable bonds is 5. The molecule has 1 fully saturated rings. The van der Waals surface area contributed by atoms with Gasteiger partial charge in [0.05, 0.1) is 6.61 Å². The van der Waals surface area contributed by atoms with E-state index in [9.17, 15) is 0 Å². The molecule has 0 saturated heterocycles. The van der Waals surface area contributed by atoms with Crippen LogP contribution >= 0.6 is 11.6 Å². The summed E-state index contributed by atoms with van der Waals surface area (Å²) in [6, 6.07) is 9.18. The smallest absolute Gasteiger partial charge is 0.122 e. The van der Waals surface area contributed by atoms with E-state index >= 15 is 0 Å². The molecule has 0 bridgehead atoms. The van der Waals surface area contributed by atoms with Crippen molar-refractivity contribution in [2.24, 2.45) is 0 Å². The summed E-state index contributed by atoms with van der Waals surface area (Å²) in [6.45, 7) is 2.92. The maximum absolute atomic E-state index is 5.88. The first kappa shape index (κ1) is 11.4. The van der Waals surface area contributed by atoms with E-state index in [0.717, 1.165) is 37.4 Å². The molecular weight excluding hydrogens is 234 g/mol. The third-order valence-corrected chi connectivity index (χ3v) is 3.86. The lowest BCUT2D eigenvalue weighted by molar-refractivity contribution is 0.235. The number of para-hydroxylation sites is 1. The van der Waals surface area contributed by atoms with Crippen LogP contribution in [0.2, 0.25) is 0 Å². The van der Waals surface area contributed by atoms with Gasteiger partial charge in [-0.3, -0.25) is 4.90 Å². The zero-order valence-corrected chi connectivity index (χ0v) is 10.7. The highest BCUT2D eigenvalue weighted by Gasteiger charge is 2.32. The Balaban J connectivity index is 1.69. The van der Waals surface area contributed by atoms with Crippen LogP contribution in [0.25, 0.3) is 0 Å². The van der Waals surface area contributed by atoms with Crippen molar-refractivity contribution >= 4 is 11.6 Å². The molecule has 92 valence electrons. The lowest BCUT2D eigenvalue weighted by Gasteiger charge is -2.23. The average molecular weight is 252 g/mol. The van der Waals surface area contributed by atoms with Crippen LogP contribution in [0, 0.1) is 0 Å². The lowest BCUT2D eigenvalue weighted by Crippen LogP contribution is -2.33. The second-order valence-electron chi connectivity index (χ2n) is 4.96. The summed E-state index contributed by atoms with van der Waals surface area (Å²) in [5.74, 6) is 2.32. The number of ether oxygens (including phenoxy) is 1. The Hall–Kier alpha value is -0.730. The number of alkyl halides is 1. The Bertz CT molecular complexity index is 392. The third kappa shape index (κ3) is 2.43. The third-order valence-electron chi connectivity index (χ3n) is 3.69. The van der Waals surface area contributed by atoms with Crippen molar-refractivity contribution in [3.8, 4) is 5.75 Å². The molecule has 3 heteroatoms. The molecular formula is C14H18ClNO. The van der Waals surface area contributed by atoms with E-state index in [4.69, 9.17) is 16.3 Å². The Morgan fingerprint density at radius 1 is 1.29 bits per heavy atom. The zero-order chi connectivity index (χ0) is 11.7. The Morgan fingerprint density at radius 2 is 2.12 bits per heavy atom. The summed E-state index contributed by atoms with van der Waals surface area (Å²) < 4.78 is 5.73. The van der Waals surface area contributed by atoms with E-state index in [1.807, 2.05) is 6.07 Å². The van der Waals surface area contributed by atoms with E-state index in [0.29, 0.717) is 5.92 Å². The van der Waals surface area contributed by atoms with Crippen LogP contribution in [-0.4, -0.2) is 36.5 Å². The van der Waals surface area contributed by atoms with Gasteiger partial charge >= 0.3 is 0 Å². The highest BCUT2D eigenvalue weighted by atomic mass is 35.5. The fourth-order valence-corrected chi connectivity index (χ4v) is 2.85. The first-order valence-corrected chi connectivity index (χ1v) is 6.93. The topological polar surface area (TPSA) is 12.5 Å². The van der Waals surface area contributed by atoms with Crippen LogP contribution in [0.15, 0.2) is 24.3 Å². The molecule has 3 rings (SSSR count). The second-order valence-corrected chi connectivity index (χ2v) is 5.34. The maximum Gasteiger partial charge on any atom is 0.122 e. The van der Waals surface area contributed by atoms with Gasteiger partial charge in [-0.1, -0.05) is 18.2 Å². The maximum atomic E-state index is 5.88. The molecule has 1 aliphatic carbocycles. The number of benzene rings is 1. The van der Waals surface area contributed by atoms with Gasteiger partial charge in [0.2, 0.25) is 0 Å². The van der Waals surface area contributed by atoms with Gasteiger partial charge in [0.15, 0.2) is 0 Å². The molecule has 0 aromatic heterocycles. The van der Waals surface area contributed by atoms with Crippen LogP contribution in [0.5, 0.6) is 5.75 Å². The van der Waals surface area contributed by atoms with Gasteiger partial charge < -0.3 is 4.74 Å². The molecule has 0 spiro atoms. The molecule has 0 radical (unpaired) electrons. The van der Waals surface area contributed by atoms with Gasteiger partial charge in [0.1, 0.15) is 5.75 Å². The standard InChI is InChI=1S/C14H18ClNO/c15-7-8-16(12-5-6-12)9-11-10-17-14-4-2-1-3-13(11)14/h1-4,11-12H,5-10H2. The zero-order valence-electron chi connectivity index (χ0n) is 9.94. The van der Waals surface area contributed by atoms with Crippen molar-refractivity contribution in [1.82, 2.24) is 4.90 Å². The fraction of sp³-hybridized carbons (Fsp3) is 0.571. The minimum Gasteiger partial charge on any atom is -0.493 e. The van der Waals surface area contributed by atoms with Crippen LogP contribution < -0.4 is 4.74 Å². The van der Waals surface area contributed by atoms with E-state index in [2.05, 4.69) is 23.1 Å². The molecule has 0 N–H and O–H groups in total. The second kappa shape index (κ2) is 4.87. The molecule has 1 aromatic rings. The predicted octanol–water partition coefficient (Wildman–Crippen LogP) is 2.87. The van der Waals surface area contributed by atoms with Gasteiger partial charge in [-0.25, -0.2) is 0 Å². The van der Waals surface area contributed by atoms with Gasteiger partial charge in [0.25, 0.3) is 0 Å². The number of nitrogens with zero attached hydrogens (tertiary/aromatic N) is 1. The van der Waals surface area contributed by atoms with Crippen molar-refractivity contribution in [2.75, 3.05) is 25.6 Å². The molecule has 2 nitrogen and oxygen atoms in total. The summed E-state index contributed by atoms with van der Waals surface area (Å²) in [4.78, 5) is 2.53. The largest absolute Gasteiger partial charge is 0.493 e. The molecule has 1 aromatic carbocycles. The Morgan fingerprint density at radius 3 is 2.88 bits per heavy atom. The normalized spacial score (nSPS) is 22.6. The first-order chi connectivity index (χ1) is 8.38. The van der Waals surface area contributed by atoms with Crippen LogP contribution in [-0.2, 0) is 0 Å². The molecule has 1 saturated carbocycles. The highest BCUT2D eigenvalue weighted by Crippen LogP contribution is 2.36. The lowest BCUT2D eigenvalue weighted by atomic mass is 10.0. The summed E-state index contributed by atoms with van der Waals surface area (Å²) in [5, 5.41) is 0. The van der Waals surface area contributed by atoms with Crippen molar-refractivity contribution < 1.29 is 4.74 Å². The number of fused-ring (bicyclic) bond motifs is 1. The van der Waals surface area contributed by atoms with E-state index < -0.39 is 0 Å². The predicted molar refractivity (Wildman–Crippen MR) is 70.0 cm³/mol. The van der Waals surface area contributed by atoms with Crippen LogP contribution in [0.1, 0.15) is 24.3 Å². The van der Waals surface area contributed by atoms with E-state index in [1.165, 1.54) is 18.4 Å². The fourth-order valence-electron chi connectivity index (χ4n) is 2.63. The van der Waals surface area contributed by atoms with Gasteiger partial charge in [0, 0.05) is 36.5 Å². The van der Waals surface area contributed by atoms with Crippen molar-refractivity contribution in [2.45, 2.75) is 24.8 Å². The first-order valence-electron chi connectivity index (χ1n) is 6.40. The molecule has 1 aliphatic heterocycles. The van der Waals surface area contributed by atoms with E-state index in [1.54, 1.807) is 0 Å². The van der Waals surface area contributed by atoms with Crippen LogP contribution in [0.4, 0.5) is 0 Å². The summed E-state index contributed by atoms with van der Waals surface area (Å²) >= 11 is 5.88. The highest BCUT2D eigenvalue weighted by molar-refractivity contribution is 6.18. The number of hydrogen-bond donors (Lipinski definition) is 0. The molecule has 1 heterocycles. The number of halogens is 1. The van der Waals surface area contributed by atoms with Crippen molar-refractivity contribution in [3.05, 3.63) is 29.8 Å². The molecule has 17 heavy (non-hydrogen) atoms. The minimum atomic E-state index is 0.523. The minimum absolute atomic E-state index is 0.523. The quantitative estimate of drug-likeness (QED) is 0.747. The molecule has 1 unspecified atom stereocenters. The summed E-state index contributed by atoms with van der Waals surface area (Å²) in [7, 11) is 0. The van der Waals surface area contributed by atoms with Gasteiger partial charge in [-0.15, -0.1) is 11.6 Å². The summed E-state index contributed by atoms with van der Waals surface area (Å²) in [6.07, 6.45) is 2.68. The van der Waals surface area contributed by atoms with Crippen molar-refractivity contribution in [1.29, 1.82) is 0 Å². The Kier molecular flexibility index (Phi) is 3.26. The molecule has 0 amide bonds. The van der Waals surface area contributed by atoms with Gasteiger partial charge in [-0.2, -0.15) is 0 Å². The van der Waals surface area contributed by atoms with Crippen LogP contribution in [0.3, 0.4) is 0 Å². The summed E-state index contributed by atoms with van der Waals surface area (Å²) in [5.41, 5.74) is 1.37. The SMILES string of the molecule is ClCCN(CC1COc2ccccc21)C1CC1. The molecule has 1 atom stereocenters. The average Bonchev–Trinajstić information content (AvgIpc) is 3.12.